The van der Waals surface area contributed by atoms with Crippen LogP contribution in [0.3, 0.4) is 0 Å². The molecule has 1 fully saturated rings. The van der Waals surface area contributed by atoms with Crippen LogP contribution in [0.4, 0.5) is 17.5 Å². The van der Waals surface area contributed by atoms with E-state index < -0.39 is 0 Å². The average molecular weight is 364 g/mol. The van der Waals surface area contributed by atoms with Gasteiger partial charge in [-0.15, -0.1) is 5.10 Å². The molecule has 0 saturated carbocycles. The van der Waals surface area contributed by atoms with E-state index >= 15 is 0 Å². The molecule has 1 aliphatic rings. The average Bonchev–Trinajstić information content (AvgIpc) is 3.24. The summed E-state index contributed by atoms with van der Waals surface area (Å²) in [6, 6.07) is 11.4. The zero-order valence-corrected chi connectivity index (χ0v) is 15.0. The van der Waals surface area contributed by atoms with E-state index in [1.807, 2.05) is 31.2 Å². The summed E-state index contributed by atoms with van der Waals surface area (Å²) in [4.78, 5) is 20.8. The lowest BCUT2D eigenvalue weighted by Gasteiger charge is -2.34. The second-order valence-electron chi connectivity index (χ2n) is 6.33. The van der Waals surface area contributed by atoms with Crippen LogP contribution in [0.25, 0.3) is 0 Å². The molecule has 0 radical (unpaired) electrons. The molecule has 138 valence electrons. The highest BCUT2D eigenvalue weighted by molar-refractivity contribution is 5.91. The topological polar surface area (TPSA) is 87.4 Å². The zero-order valence-electron chi connectivity index (χ0n) is 15.0. The number of hydrogen-bond acceptors (Lipinski definition) is 7. The van der Waals surface area contributed by atoms with Crippen molar-refractivity contribution in [2.45, 2.75) is 6.92 Å². The number of para-hydroxylation sites is 1. The first-order chi connectivity index (χ1) is 13.2. The Balaban J connectivity index is 1.41. The van der Waals surface area contributed by atoms with Gasteiger partial charge in [-0.2, -0.15) is 10.1 Å². The lowest BCUT2D eigenvalue weighted by Crippen LogP contribution is -2.49. The van der Waals surface area contributed by atoms with Crippen molar-refractivity contribution in [3.8, 4) is 0 Å². The van der Waals surface area contributed by atoms with Crippen molar-refractivity contribution in [2.24, 2.45) is 0 Å². The maximum Gasteiger partial charge on any atom is 0.289 e. The number of nitrogens with one attached hydrogen (secondary N) is 1. The Morgan fingerprint density at radius 3 is 2.67 bits per heavy atom. The molecule has 1 saturated heterocycles. The molecule has 1 N–H and O–H groups in total. The number of amides is 1. The first-order valence-corrected chi connectivity index (χ1v) is 8.81. The van der Waals surface area contributed by atoms with Gasteiger partial charge >= 0.3 is 0 Å². The normalized spacial score (nSPS) is 14.3. The SMILES string of the molecule is Cc1ccccc1Nc1nncc(N2CCN(C(=O)c3ccco3)CC2)n1. The molecule has 0 unspecified atom stereocenters. The van der Waals surface area contributed by atoms with Gasteiger partial charge in [0, 0.05) is 31.9 Å². The van der Waals surface area contributed by atoms with E-state index in [-0.39, 0.29) is 5.91 Å². The van der Waals surface area contributed by atoms with Gasteiger partial charge in [0.2, 0.25) is 5.95 Å². The van der Waals surface area contributed by atoms with Crippen LogP contribution in [0, 0.1) is 6.92 Å². The molecule has 3 heterocycles. The summed E-state index contributed by atoms with van der Waals surface area (Å²) < 4.78 is 5.20. The maximum atomic E-state index is 12.4. The molecule has 0 atom stereocenters. The van der Waals surface area contributed by atoms with Crippen molar-refractivity contribution >= 4 is 23.4 Å². The number of rotatable bonds is 4. The number of carbonyl (C=O) groups excluding carboxylic acids is 1. The molecule has 0 bridgehead atoms. The minimum atomic E-state index is -0.0811. The van der Waals surface area contributed by atoms with Crippen LogP contribution >= 0.6 is 0 Å². The summed E-state index contributed by atoms with van der Waals surface area (Å²) in [6.45, 7) is 4.58. The van der Waals surface area contributed by atoms with E-state index in [1.54, 1.807) is 23.2 Å². The van der Waals surface area contributed by atoms with Gasteiger partial charge in [-0.1, -0.05) is 18.2 Å². The first-order valence-electron chi connectivity index (χ1n) is 8.81. The fourth-order valence-electron chi connectivity index (χ4n) is 3.03. The Morgan fingerprint density at radius 1 is 1.11 bits per heavy atom. The number of hydrogen-bond donors (Lipinski definition) is 1. The Hall–Kier alpha value is -3.42. The number of nitrogens with zero attached hydrogens (tertiary/aromatic N) is 5. The Morgan fingerprint density at radius 2 is 1.93 bits per heavy atom. The van der Waals surface area contributed by atoms with Crippen LogP contribution in [-0.4, -0.2) is 52.2 Å². The molecular formula is C19H20N6O2. The molecule has 1 aliphatic heterocycles. The zero-order chi connectivity index (χ0) is 18.6. The highest BCUT2D eigenvalue weighted by atomic mass is 16.3. The summed E-state index contributed by atoms with van der Waals surface area (Å²) in [7, 11) is 0. The van der Waals surface area contributed by atoms with Gasteiger partial charge in [-0.25, -0.2) is 0 Å². The van der Waals surface area contributed by atoms with Crippen LogP contribution in [0.15, 0.2) is 53.3 Å². The predicted molar refractivity (Wildman–Crippen MR) is 101 cm³/mol. The van der Waals surface area contributed by atoms with Crippen molar-refractivity contribution < 1.29 is 9.21 Å². The van der Waals surface area contributed by atoms with Gasteiger partial charge < -0.3 is 19.5 Å². The number of aromatic nitrogens is 3. The lowest BCUT2D eigenvalue weighted by molar-refractivity contribution is 0.0714. The molecule has 2 aromatic heterocycles. The fraction of sp³-hybridized carbons (Fsp3) is 0.263. The van der Waals surface area contributed by atoms with Gasteiger partial charge in [0.25, 0.3) is 5.91 Å². The van der Waals surface area contributed by atoms with Gasteiger partial charge in [-0.3, -0.25) is 4.79 Å². The van der Waals surface area contributed by atoms with Crippen molar-refractivity contribution in [2.75, 3.05) is 36.4 Å². The molecule has 1 aromatic carbocycles. The second kappa shape index (κ2) is 7.45. The summed E-state index contributed by atoms with van der Waals surface area (Å²) in [6.07, 6.45) is 3.16. The van der Waals surface area contributed by atoms with E-state index in [0.29, 0.717) is 37.9 Å². The Bertz CT molecular complexity index is 919. The molecule has 3 aromatic rings. The molecule has 1 amide bonds. The summed E-state index contributed by atoms with van der Waals surface area (Å²) in [5.74, 6) is 1.49. The van der Waals surface area contributed by atoms with Crippen LogP contribution < -0.4 is 10.2 Å². The van der Waals surface area contributed by atoms with Crippen molar-refractivity contribution in [1.82, 2.24) is 20.1 Å². The van der Waals surface area contributed by atoms with Crippen LogP contribution in [0.5, 0.6) is 0 Å². The molecule has 8 nitrogen and oxygen atoms in total. The molecule has 0 spiro atoms. The van der Waals surface area contributed by atoms with E-state index in [1.165, 1.54) is 6.26 Å². The molecular weight excluding hydrogens is 344 g/mol. The quantitative estimate of drug-likeness (QED) is 0.761. The highest BCUT2D eigenvalue weighted by Gasteiger charge is 2.24. The van der Waals surface area contributed by atoms with E-state index in [4.69, 9.17) is 4.42 Å². The number of furan rings is 1. The van der Waals surface area contributed by atoms with E-state index in [2.05, 4.69) is 25.4 Å². The Labute approximate surface area is 156 Å². The number of benzene rings is 1. The summed E-state index contributed by atoms with van der Waals surface area (Å²) in [5, 5.41) is 11.3. The van der Waals surface area contributed by atoms with Crippen LogP contribution in [-0.2, 0) is 0 Å². The van der Waals surface area contributed by atoms with Gasteiger partial charge in [-0.05, 0) is 30.7 Å². The summed E-state index contributed by atoms with van der Waals surface area (Å²) in [5.41, 5.74) is 2.06. The van der Waals surface area contributed by atoms with Crippen molar-refractivity contribution in [1.29, 1.82) is 0 Å². The predicted octanol–water partition coefficient (Wildman–Crippen LogP) is 2.48. The van der Waals surface area contributed by atoms with E-state index in [9.17, 15) is 4.79 Å². The maximum absolute atomic E-state index is 12.4. The molecule has 8 heteroatoms. The highest BCUT2D eigenvalue weighted by Crippen LogP contribution is 2.20. The third-order valence-corrected chi connectivity index (χ3v) is 4.56. The summed E-state index contributed by atoms with van der Waals surface area (Å²) >= 11 is 0. The molecule has 4 rings (SSSR count). The molecule has 0 aliphatic carbocycles. The van der Waals surface area contributed by atoms with Crippen molar-refractivity contribution in [3.63, 3.8) is 0 Å². The largest absolute Gasteiger partial charge is 0.459 e. The lowest BCUT2D eigenvalue weighted by atomic mass is 10.2. The standard InChI is InChI=1S/C19H20N6O2/c1-14-5-2-3-6-15(14)21-19-22-17(13-20-23-19)24-8-10-25(11-9-24)18(26)16-7-4-12-27-16/h2-7,12-13H,8-11H2,1H3,(H,21,22,23). The minimum Gasteiger partial charge on any atom is -0.459 e. The van der Waals surface area contributed by atoms with Crippen LogP contribution in [0.2, 0.25) is 0 Å². The Kier molecular flexibility index (Phi) is 4.69. The molecule has 27 heavy (non-hydrogen) atoms. The fourth-order valence-corrected chi connectivity index (χ4v) is 3.03. The number of aryl methyl sites for hydroxylation is 1. The minimum absolute atomic E-state index is 0.0811. The number of anilines is 3. The first kappa shape index (κ1) is 17.0. The van der Waals surface area contributed by atoms with Crippen molar-refractivity contribution in [3.05, 3.63) is 60.2 Å². The van der Waals surface area contributed by atoms with Gasteiger partial charge in [0.1, 0.15) is 0 Å². The third-order valence-electron chi connectivity index (χ3n) is 4.56. The van der Waals surface area contributed by atoms with Gasteiger partial charge in [0.05, 0.1) is 12.5 Å². The second-order valence-corrected chi connectivity index (χ2v) is 6.33. The monoisotopic (exact) mass is 364 g/mol. The number of piperazine rings is 1. The third kappa shape index (κ3) is 3.74. The van der Waals surface area contributed by atoms with Crippen LogP contribution in [0.1, 0.15) is 16.1 Å². The van der Waals surface area contributed by atoms with Gasteiger partial charge in [0.15, 0.2) is 11.6 Å². The number of carbonyl (C=O) groups is 1. The smallest absolute Gasteiger partial charge is 0.289 e. The van der Waals surface area contributed by atoms with E-state index in [0.717, 1.165) is 17.1 Å².